The smallest absolute Gasteiger partial charge is 0.475 e. The van der Waals surface area contributed by atoms with Crippen LogP contribution in [0.2, 0.25) is 0 Å². The molecule has 4 heterocycles. The van der Waals surface area contributed by atoms with Crippen LogP contribution in [0.25, 0.3) is 0 Å². The average molecular weight is 448 g/mol. The monoisotopic (exact) mass is 448 g/mol. The highest BCUT2D eigenvalue weighted by atomic mass is 32.1. The van der Waals surface area contributed by atoms with Crippen LogP contribution in [-0.4, -0.2) is 63.5 Å². The maximum atomic E-state index is 12.9. The molecular weight excluding hydrogens is 428 g/mol. The number of likely N-dealkylation sites (tertiary alicyclic amines) is 1. The summed E-state index contributed by atoms with van der Waals surface area (Å²) in [6, 6.07) is 4.46. The van der Waals surface area contributed by atoms with Gasteiger partial charge in [-0.05, 0) is 17.9 Å². The first-order valence-corrected chi connectivity index (χ1v) is 9.96. The molecule has 0 amide bonds. The Hall–Kier alpha value is -2.31. The summed E-state index contributed by atoms with van der Waals surface area (Å²) in [7, 11) is 0. The maximum Gasteiger partial charge on any atom is 0.490 e. The van der Waals surface area contributed by atoms with Crippen LogP contribution >= 0.6 is 11.3 Å². The molecule has 2 N–H and O–H groups in total. The van der Waals surface area contributed by atoms with Gasteiger partial charge < -0.3 is 15.2 Å². The SMILES string of the molecule is Fc1cnc(NC2COC3(CCN(Cc4cccs4)C3)C2)nc1.O=C(O)C(F)(F)F. The van der Waals surface area contributed by atoms with Crippen molar-refractivity contribution in [3.05, 3.63) is 40.6 Å². The van der Waals surface area contributed by atoms with Crippen LogP contribution in [-0.2, 0) is 16.1 Å². The van der Waals surface area contributed by atoms with Crippen molar-refractivity contribution < 1.29 is 32.2 Å². The van der Waals surface area contributed by atoms with Gasteiger partial charge in [0.05, 0.1) is 30.6 Å². The first-order chi connectivity index (χ1) is 14.2. The van der Waals surface area contributed by atoms with Gasteiger partial charge in [0.15, 0.2) is 5.82 Å². The van der Waals surface area contributed by atoms with Crippen molar-refractivity contribution in [2.24, 2.45) is 0 Å². The lowest BCUT2D eigenvalue weighted by Crippen LogP contribution is -2.33. The van der Waals surface area contributed by atoms with Gasteiger partial charge in [-0.2, -0.15) is 13.2 Å². The number of thiophene rings is 1. The molecule has 2 aliphatic rings. The van der Waals surface area contributed by atoms with Crippen LogP contribution in [0.1, 0.15) is 17.7 Å². The lowest BCUT2D eigenvalue weighted by Gasteiger charge is -2.23. The van der Waals surface area contributed by atoms with Crippen LogP contribution in [0.15, 0.2) is 29.9 Å². The van der Waals surface area contributed by atoms with Crippen molar-refractivity contribution in [3.63, 3.8) is 0 Å². The largest absolute Gasteiger partial charge is 0.490 e. The molecule has 2 aromatic rings. The fourth-order valence-electron chi connectivity index (χ4n) is 3.48. The molecule has 2 fully saturated rings. The Labute approximate surface area is 173 Å². The van der Waals surface area contributed by atoms with Gasteiger partial charge in [-0.3, -0.25) is 4.90 Å². The van der Waals surface area contributed by atoms with E-state index in [-0.39, 0.29) is 11.6 Å². The Morgan fingerprint density at radius 2 is 2.10 bits per heavy atom. The fraction of sp³-hybridized carbons (Fsp3) is 0.500. The lowest BCUT2D eigenvalue weighted by atomic mass is 9.97. The number of nitrogens with zero attached hydrogens (tertiary/aromatic N) is 3. The van der Waals surface area contributed by atoms with Crippen molar-refractivity contribution >= 4 is 23.3 Å². The van der Waals surface area contributed by atoms with Crippen LogP contribution in [0.5, 0.6) is 0 Å². The average Bonchev–Trinajstić information content (AvgIpc) is 3.41. The maximum absolute atomic E-state index is 12.9. The quantitative estimate of drug-likeness (QED) is 0.695. The first-order valence-electron chi connectivity index (χ1n) is 9.08. The van der Waals surface area contributed by atoms with Gasteiger partial charge >= 0.3 is 12.1 Å². The minimum atomic E-state index is -5.08. The van der Waals surface area contributed by atoms with E-state index < -0.39 is 18.0 Å². The van der Waals surface area contributed by atoms with E-state index in [1.54, 1.807) is 11.3 Å². The number of alkyl halides is 3. The highest BCUT2D eigenvalue weighted by Gasteiger charge is 2.45. The normalized spacial score (nSPS) is 23.9. The predicted octanol–water partition coefficient (Wildman–Crippen LogP) is 3.16. The number of aliphatic carboxylic acids is 1. The summed E-state index contributed by atoms with van der Waals surface area (Å²) in [5.41, 5.74) is -0.0606. The van der Waals surface area contributed by atoms with E-state index in [2.05, 4.69) is 37.7 Å². The molecule has 164 valence electrons. The third-order valence-corrected chi connectivity index (χ3v) is 5.62. The number of carboxylic acids is 1. The van der Waals surface area contributed by atoms with E-state index in [0.717, 1.165) is 32.5 Å². The van der Waals surface area contributed by atoms with Gasteiger partial charge in [0.2, 0.25) is 5.95 Å². The zero-order valence-corrected chi connectivity index (χ0v) is 16.5. The minimum absolute atomic E-state index is 0.0606. The van der Waals surface area contributed by atoms with Crippen molar-refractivity contribution in [3.8, 4) is 0 Å². The van der Waals surface area contributed by atoms with Crippen molar-refractivity contribution in [2.45, 2.75) is 37.2 Å². The van der Waals surface area contributed by atoms with Gasteiger partial charge in [-0.1, -0.05) is 6.07 Å². The summed E-state index contributed by atoms with van der Waals surface area (Å²) in [5, 5.41) is 12.5. The number of nitrogens with one attached hydrogen (secondary N) is 1. The molecule has 2 saturated heterocycles. The summed E-state index contributed by atoms with van der Waals surface area (Å²) >= 11 is 1.80. The van der Waals surface area contributed by atoms with Gasteiger partial charge in [0, 0.05) is 30.9 Å². The minimum Gasteiger partial charge on any atom is -0.475 e. The predicted molar refractivity (Wildman–Crippen MR) is 101 cm³/mol. The molecule has 0 aromatic carbocycles. The van der Waals surface area contributed by atoms with Crippen molar-refractivity contribution in [1.82, 2.24) is 14.9 Å². The molecule has 0 saturated carbocycles. The Kier molecular flexibility index (Phi) is 6.88. The van der Waals surface area contributed by atoms with E-state index >= 15 is 0 Å². The van der Waals surface area contributed by atoms with E-state index in [4.69, 9.17) is 14.6 Å². The van der Waals surface area contributed by atoms with E-state index in [0.29, 0.717) is 12.6 Å². The van der Waals surface area contributed by atoms with Gasteiger partial charge in [-0.15, -0.1) is 11.3 Å². The fourth-order valence-corrected chi connectivity index (χ4v) is 4.22. The molecule has 7 nitrogen and oxygen atoms in total. The molecular formula is C18H20F4N4O3S. The van der Waals surface area contributed by atoms with Crippen LogP contribution in [0.4, 0.5) is 23.5 Å². The molecule has 0 bridgehead atoms. The summed E-state index contributed by atoms with van der Waals surface area (Å²) in [6.07, 6.45) is -0.728. The van der Waals surface area contributed by atoms with Gasteiger partial charge in [0.25, 0.3) is 0 Å². The number of hydrogen-bond acceptors (Lipinski definition) is 7. The topological polar surface area (TPSA) is 87.6 Å². The number of aromatic nitrogens is 2. The summed E-state index contributed by atoms with van der Waals surface area (Å²) in [5.74, 6) is -2.72. The summed E-state index contributed by atoms with van der Waals surface area (Å²) < 4.78 is 50.7. The Morgan fingerprint density at radius 3 is 2.70 bits per heavy atom. The third kappa shape index (κ3) is 6.09. The number of carbonyl (C=O) groups is 1. The van der Waals surface area contributed by atoms with E-state index in [9.17, 15) is 17.6 Å². The molecule has 2 atom stereocenters. The molecule has 4 rings (SSSR count). The Morgan fingerprint density at radius 1 is 1.40 bits per heavy atom. The summed E-state index contributed by atoms with van der Waals surface area (Å²) in [4.78, 5) is 20.7. The van der Waals surface area contributed by atoms with Crippen LogP contribution in [0.3, 0.4) is 0 Å². The standard InChI is InChI=1S/C16H19FN4OS.C2HF3O2/c17-12-7-18-15(19-8-12)20-13-6-16(22-10-13)3-4-21(11-16)9-14-2-1-5-23-14;3-2(4,5)1(6)7/h1-2,5,7-8,13H,3-4,6,9-11H2,(H,18,19,20);(H,6,7). The molecule has 12 heteroatoms. The molecule has 2 aromatic heterocycles. The third-order valence-electron chi connectivity index (χ3n) is 4.76. The number of rotatable bonds is 4. The zero-order chi connectivity index (χ0) is 21.8. The van der Waals surface area contributed by atoms with Gasteiger partial charge in [0.1, 0.15) is 0 Å². The van der Waals surface area contributed by atoms with Crippen molar-refractivity contribution in [2.75, 3.05) is 25.0 Å². The van der Waals surface area contributed by atoms with Crippen LogP contribution < -0.4 is 5.32 Å². The second-order valence-electron chi connectivity index (χ2n) is 7.11. The van der Waals surface area contributed by atoms with E-state index in [1.807, 2.05) is 0 Å². The molecule has 2 unspecified atom stereocenters. The highest BCUT2D eigenvalue weighted by molar-refractivity contribution is 7.09. The number of halogens is 4. The van der Waals surface area contributed by atoms with E-state index in [1.165, 1.54) is 17.3 Å². The first kappa shape index (κ1) is 22.4. The lowest BCUT2D eigenvalue weighted by molar-refractivity contribution is -0.192. The molecule has 1 spiro atoms. The summed E-state index contributed by atoms with van der Waals surface area (Å²) in [6.45, 7) is 3.68. The Balaban J connectivity index is 0.000000318. The molecule has 2 aliphatic heterocycles. The Bertz CT molecular complexity index is 835. The number of carboxylic acid groups (broad SMARTS) is 1. The molecule has 0 radical (unpaired) electrons. The second-order valence-corrected chi connectivity index (χ2v) is 8.14. The van der Waals surface area contributed by atoms with Crippen molar-refractivity contribution in [1.29, 1.82) is 0 Å². The number of ether oxygens (including phenoxy) is 1. The zero-order valence-electron chi connectivity index (χ0n) is 15.7. The number of hydrogen-bond donors (Lipinski definition) is 2. The number of anilines is 1. The van der Waals surface area contributed by atoms with Gasteiger partial charge in [-0.25, -0.2) is 19.2 Å². The highest BCUT2D eigenvalue weighted by Crippen LogP contribution is 2.36. The second kappa shape index (κ2) is 9.23. The molecule has 30 heavy (non-hydrogen) atoms. The van der Waals surface area contributed by atoms with Crippen LogP contribution in [0, 0.1) is 5.82 Å². The molecule has 0 aliphatic carbocycles.